The van der Waals surface area contributed by atoms with Gasteiger partial charge in [0, 0.05) is 24.9 Å². The van der Waals surface area contributed by atoms with Crippen LogP contribution in [0.15, 0.2) is 30.5 Å². The van der Waals surface area contributed by atoms with Crippen molar-refractivity contribution in [1.29, 1.82) is 5.26 Å². The van der Waals surface area contributed by atoms with Crippen molar-refractivity contribution in [3.63, 3.8) is 0 Å². The van der Waals surface area contributed by atoms with E-state index in [4.69, 9.17) is 5.26 Å². The first kappa shape index (κ1) is 15.3. The first-order valence-corrected chi connectivity index (χ1v) is 8.23. The van der Waals surface area contributed by atoms with Gasteiger partial charge in [-0.3, -0.25) is 9.78 Å². The van der Waals surface area contributed by atoms with Gasteiger partial charge in [0.15, 0.2) is 5.82 Å². The molecule has 0 saturated heterocycles. The maximum atomic E-state index is 13.0. The number of carbonyl (C=O) groups excluding carboxylic acids is 1. The molecular weight excluding hydrogens is 314 g/mol. The summed E-state index contributed by atoms with van der Waals surface area (Å²) in [7, 11) is 0. The van der Waals surface area contributed by atoms with E-state index in [-0.39, 0.29) is 11.9 Å². The SMILES string of the molecule is Cc1cc(C#N)cc2nc(C(=O)N3CCc4ncccc4[C@H]3C)[nH]c12. The van der Waals surface area contributed by atoms with Crippen molar-refractivity contribution in [2.75, 3.05) is 6.54 Å². The van der Waals surface area contributed by atoms with Crippen molar-refractivity contribution in [1.82, 2.24) is 19.9 Å². The standard InChI is InChI=1S/C19H17N5O/c1-11-8-13(10-20)9-16-17(11)23-18(22-16)19(25)24-7-5-15-14(12(24)2)4-3-6-21-15/h3-4,6,8-9,12H,5,7H2,1-2H3,(H,22,23)/t12-/m1/s1. The third-order valence-electron chi connectivity index (χ3n) is 4.82. The molecule has 0 bridgehead atoms. The summed E-state index contributed by atoms with van der Waals surface area (Å²) in [6.45, 7) is 4.53. The Labute approximate surface area is 145 Å². The van der Waals surface area contributed by atoms with Crippen molar-refractivity contribution in [2.45, 2.75) is 26.3 Å². The molecular formula is C19H17N5O. The minimum Gasteiger partial charge on any atom is -0.334 e. The predicted molar refractivity (Wildman–Crippen MR) is 92.9 cm³/mol. The Morgan fingerprint density at radius 1 is 1.44 bits per heavy atom. The lowest BCUT2D eigenvalue weighted by atomic mass is 9.98. The second-order valence-electron chi connectivity index (χ2n) is 6.35. The molecule has 6 nitrogen and oxygen atoms in total. The molecule has 2 aromatic heterocycles. The number of hydrogen-bond donors (Lipinski definition) is 1. The Hall–Kier alpha value is -3.20. The van der Waals surface area contributed by atoms with Crippen LogP contribution in [0.5, 0.6) is 0 Å². The second-order valence-corrected chi connectivity index (χ2v) is 6.35. The molecule has 3 heterocycles. The minimum absolute atomic E-state index is 0.0473. The molecule has 0 aliphatic carbocycles. The van der Waals surface area contributed by atoms with Crippen LogP contribution in [0, 0.1) is 18.3 Å². The molecule has 0 radical (unpaired) electrons. The number of amides is 1. The van der Waals surface area contributed by atoms with Crippen molar-refractivity contribution < 1.29 is 4.79 Å². The molecule has 124 valence electrons. The summed E-state index contributed by atoms with van der Waals surface area (Å²) in [5, 5.41) is 9.10. The minimum atomic E-state index is -0.129. The van der Waals surface area contributed by atoms with Gasteiger partial charge in [0.1, 0.15) is 0 Å². The number of H-pyrrole nitrogens is 1. The van der Waals surface area contributed by atoms with E-state index in [0.29, 0.717) is 23.4 Å². The van der Waals surface area contributed by atoms with Gasteiger partial charge in [-0.05, 0) is 43.2 Å². The topological polar surface area (TPSA) is 85.7 Å². The number of pyridine rings is 1. The van der Waals surface area contributed by atoms with Gasteiger partial charge < -0.3 is 9.88 Å². The third-order valence-corrected chi connectivity index (χ3v) is 4.82. The lowest BCUT2D eigenvalue weighted by Crippen LogP contribution is -2.39. The predicted octanol–water partition coefficient (Wildman–Crippen LogP) is 2.90. The highest BCUT2D eigenvalue weighted by molar-refractivity contribution is 5.95. The number of benzene rings is 1. The van der Waals surface area contributed by atoms with Crippen molar-refractivity contribution in [2.24, 2.45) is 0 Å². The number of imidazole rings is 1. The molecule has 4 rings (SSSR count). The average Bonchev–Trinajstić information content (AvgIpc) is 3.06. The van der Waals surface area contributed by atoms with E-state index in [1.54, 1.807) is 18.3 Å². The van der Waals surface area contributed by atoms with E-state index in [1.165, 1.54) is 0 Å². The molecule has 3 aromatic rings. The zero-order valence-electron chi connectivity index (χ0n) is 14.1. The van der Waals surface area contributed by atoms with E-state index >= 15 is 0 Å². The van der Waals surface area contributed by atoms with Crippen molar-refractivity contribution in [3.05, 3.63) is 58.7 Å². The number of hydrogen-bond acceptors (Lipinski definition) is 4. The highest BCUT2D eigenvalue weighted by atomic mass is 16.2. The fraction of sp³-hybridized carbons (Fsp3) is 0.263. The van der Waals surface area contributed by atoms with E-state index < -0.39 is 0 Å². The first-order chi connectivity index (χ1) is 12.1. The summed E-state index contributed by atoms with van der Waals surface area (Å²) in [4.78, 5) is 26.8. The molecule has 1 amide bonds. The van der Waals surface area contributed by atoms with Crippen LogP contribution in [0.2, 0.25) is 0 Å². The van der Waals surface area contributed by atoms with Crippen LogP contribution in [0.4, 0.5) is 0 Å². The van der Waals surface area contributed by atoms with Crippen LogP contribution in [0.1, 0.15) is 46.0 Å². The summed E-state index contributed by atoms with van der Waals surface area (Å²) in [5.41, 5.74) is 5.03. The molecule has 0 saturated carbocycles. The van der Waals surface area contributed by atoms with Crippen LogP contribution in [0.3, 0.4) is 0 Å². The van der Waals surface area contributed by atoms with Gasteiger partial charge in [-0.2, -0.15) is 5.26 Å². The Kier molecular flexibility index (Phi) is 3.50. The monoisotopic (exact) mass is 331 g/mol. The highest BCUT2D eigenvalue weighted by Crippen LogP contribution is 2.29. The summed E-state index contributed by atoms with van der Waals surface area (Å²) < 4.78 is 0. The molecule has 6 heteroatoms. The molecule has 0 fully saturated rings. The summed E-state index contributed by atoms with van der Waals surface area (Å²) in [5.74, 6) is 0.184. The highest BCUT2D eigenvalue weighted by Gasteiger charge is 2.30. The summed E-state index contributed by atoms with van der Waals surface area (Å²) >= 11 is 0. The molecule has 25 heavy (non-hydrogen) atoms. The van der Waals surface area contributed by atoms with Gasteiger partial charge in [0.25, 0.3) is 5.91 Å². The molecule has 0 spiro atoms. The van der Waals surface area contributed by atoms with Crippen LogP contribution in [0.25, 0.3) is 11.0 Å². The fourth-order valence-electron chi connectivity index (χ4n) is 3.49. The quantitative estimate of drug-likeness (QED) is 0.743. The number of nitrogens with zero attached hydrogens (tertiary/aromatic N) is 4. The molecule has 0 unspecified atom stereocenters. The fourth-order valence-corrected chi connectivity index (χ4v) is 3.49. The molecule has 1 aromatic carbocycles. The normalized spacial score (nSPS) is 16.5. The van der Waals surface area contributed by atoms with Gasteiger partial charge in [-0.15, -0.1) is 0 Å². The van der Waals surface area contributed by atoms with Crippen LogP contribution in [-0.2, 0) is 6.42 Å². The third kappa shape index (κ3) is 2.45. The van der Waals surface area contributed by atoms with E-state index in [2.05, 4.69) is 21.0 Å². The molecule has 1 atom stereocenters. The van der Waals surface area contributed by atoms with Gasteiger partial charge in [-0.25, -0.2) is 4.98 Å². The number of rotatable bonds is 1. The van der Waals surface area contributed by atoms with E-state index in [9.17, 15) is 4.79 Å². The maximum Gasteiger partial charge on any atom is 0.290 e. The zero-order valence-corrected chi connectivity index (χ0v) is 14.1. The van der Waals surface area contributed by atoms with Gasteiger partial charge in [0.2, 0.25) is 0 Å². The van der Waals surface area contributed by atoms with Crippen LogP contribution >= 0.6 is 0 Å². The average molecular weight is 331 g/mol. The molecule has 1 aliphatic rings. The maximum absolute atomic E-state index is 13.0. The summed E-state index contributed by atoms with van der Waals surface area (Å²) in [6, 6.07) is 9.49. The zero-order chi connectivity index (χ0) is 17.6. The van der Waals surface area contributed by atoms with Crippen LogP contribution < -0.4 is 0 Å². The van der Waals surface area contributed by atoms with Crippen LogP contribution in [-0.4, -0.2) is 32.3 Å². The number of carbonyl (C=O) groups is 1. The van der Waals surface area contributed by atoms with Gasteiger partial charge in [0.05, 0.1) is 28.7 Å². The Balaban J connectivity index is 1.71. The van der Waals surface area contributed by atoms with Crippen molar-refractivity contribution in [3.8, 4) is 6.07 Å². The number of nitrogens with one attached hydrogen (secondary N) is 1. The lowest BCUT2D eigenvalue weighted by molar-refractivity contribution is 0.0665. The molecule has 1 aliphatic heterocycles. The van der Waals surface area contributed by atoms with Gasteiger partial charge in [-0.1, -0.05) is 6.07 Å². The number of aryl methyl sites for hydroxylation is 1. The largest absolute Gasteiger partial charge is 0.334 e. The van der Waals surface area contributed by atoms with E-state index in [0.717, 1.165) is 28.8 Å². The number of nitriles is 1. The number of aromatic nitrogens is 3. The van der Waals surface area contributed by atoms with E-state index in [1.807, 2.05) is 30.9 Å². The van der Waals surface area contributed by atoms with Crippen molar-refractivity contribution >= 4 is 16.9 Å². The lowest BCUT2D eigenvalue weighted by Gasteiger charge is -2.34. The number of fused-ring (bicyclic) bond motifs is 2. The summed E-state index contributed by atoms with van der Waals surface area (Å²) in [6.07, 6.45) is 2.53. The molecule has 1 N–H and O–H groups in total. The van der Waals surface area contributed by atoms with Gasteiger partial charge >= 0.3 is 0 Å². The smallest absolute Gasteiger partial charge is 0.290 e. The Morgan fingerprint density at radius 3 is 3.08 bits per heavy atom. The second kappa shape index (κ2) is 5.71. The Bertz CT molecular complexity index is 1030. The number of aromatic amines is 1. The Morgan fingerprint density at radius 2 is 2.28 bits per heavy atom. The first-order valence-electron chi connectivity index (χ1n) is 8.23.